The largest absolute Gasteiger partial charge is 0.389 e. The van der Waals surface area contributed by atoms with Crippen LogP contribution in [-0.2, 0) is 23.8 Å². The second-order valence-corrected chi connectivity index (χ2v) is 5.99. The molecule has 1 fully saturated rings. The average Bonchev–Trinajstić information content (AvgIpc) is 2.26. The zero-order chi connectivity index (χ0) is 14.8. The smallest absolute Gasteiger partial charge is 0.264 e. The topological polar surface area (TPSA) is 148 Å². The SMILES string of the molecule is CC(=O)N[C@@H]1[C@H](O)[C@@H](N)[C@@H](COS(C)(=O)=O)O[C@H]1O. The summed E-state index contributed by atoms with van der Waals surface area (Å²) < 4.78 is 31.3. The molecular weight excluding hydrogens is 280 g/mol. The summed E-state index contributed by atoms with van der Waals surface area (Å²) in [6, 6.07) is -2.09. The van der Waals surface area contributed by atoms with E-state index in [0.29, 0.717) is 0 Å². The Morgan fingerprint density at radius 1 is 1.47 bits per heavy atom. The van der Waals surface area contributed by atoms with Crippen molar-refractivity contribution in [2.24, 2.45) is 5.73 Å². The number of aliphatic hydroxyl groups excluding tert-OH is 2. The Balaban J connectivity index is 2.69. The normalized spacial score (nSPS) is 35.9. The molecule has 1 rings (SSSR count). The van der Waals surface area contributed by atoms with Gasteiger partial charge < -0.3 is 26.0 Å². The third kappa shape index (κ3) is 4.67. The first-order chi connectivity index (χ1) is 8.61. The summed E-state index contributed by atoms with van der Waals surface area (Å²) in [4.78, 5) is 10.9. The molecule has 5 atom stereocenters. The van der Waals surface area contributed by atoms with Gasteiger partial charge >= 0.3 is 0 Å². The maximum absolute atomic E-state index is 10.9. The molecule has 0 spiro atoms. The highest BCUT2D eigenvalue weighted by molar-refractivity contribution is 7.85. The minimum absolute atomic E-state index is 0.430. The molecule has 9 nitrogen and oxygen atoms in total. The molecule has 112 valence electrons. The van der Waals surface area contributed by atoms with Crippen molar-refractivity contribution in [2.75, 3.05) is 12.9 Å². The lowest BCUT2D eigenvalue weighted by molar-refractivity contribution is -0.219. The van der Waals surface area contributed by atoms with E-state index < -0.39 is 53.2 Å². The van der Waals surface area contributed by atoms with Crippen molar-refractivity contribution < 1.29 is 32.3 Å². The number of amides is 1. The third-order valence-corrected chi connectivity index (χ3v) is 3.19. The summed E-state index contributed by atoms with van der Waals surface area (Å²) in [5.74, 6) is -0.468. The van der Waals surface area contributed by atoms with Crippen LogP contribution in [0.2, 0.25) is 0 Å². The lowest BCUT2D eigenvalue weighted by Crippen LogP contribution is -2.66. The zero-order valence-electron chi connectivity index (χ0n) is 10.5. The van der Waals surface area contributed by atoms with E-state index in [-0.39, 0.29) is 0 Å². The first kappa shape index (κ1) is 16.3. The van der Waals surface area contributed by atoms with Gasteiger partial charge in [-0.15, -0.1) is 0 Å². The van der Waals surface area contributed by atoms with Crippen LogP contribution in [0.15, 0.2) is 0 Å². The molecule has 1 aliphatic heterocycles. The molecule has 1 aliphatic rings. The zero-order valence-corrected chi connectivity index (χ0v) is 11.3. The second kappa shape index (κ2) is 6.11. The van der Waals surface area contributed by atoms with Crippen LogP contribution in [0.3, 0.4) is 0 Å². The Kier molecular flexibility index (Phi) is 5.24. The predicted molar refractivity (Wildman–Crippen MR) is 63.3 cm³/mol. The maximum Gasteiger partial charge on any atom is 0.264 e. The minimum atomic E-state index is -3.68. The molecule has 0 aromatic heterocycles. The highest BCUT2D eigenvalue weighted by Gasteiger charge is 2.43. The molecule has 0 bridgehead atoms. The first-order valence-corrected chi connectivity index (χ1v) is 7.32. The van der Waals surface area contributed by atoms with E-state index >= 15 is 0 Å². The van der Waals surface area contributed by atoms with Crippen LogP contribution in [0.4, 0.5) is 0 Å². The molecule has 1 saturated heterocycles. The number of hydrogen-bond acceptors (Lipinski definition) is 8. The summed E-state index contributed by atoms with van der Waals surface area (Å²) in [5.41, 5.74) is 5.67. The minimum Gasteiger partial charge on any atom is -0.389 e. The summed E-state index contributed by atoms with van der Waals surface area (Å²) in [5, 5.41) is 21.8. The van der Waals surface area contributed by atoms with Gasteiger partial charge in [0.1, 0.15) is 12.1 Å². The van der Waals surface area contributed by atoms with E-state index in [0.717, 1.165) is 6.26 Å². The van der Waals surface area contributed by atoms with Crippen molar-refractivity contribution in [2.45, 2.75) is 37.5 Å². The Morgan fingerprint density at radius 2 is 2.05 bits per heavy atom. The molecular formula is C9H18N2O7S. The number of rotatable bonds is 4. The fourth-order valence-electron chi connectivity index (χ4n) is 1.71. The van der Waals surface area contributed by atoms with Gasteiger partial charge in [-0.05, 0) is 0 Å². The van der Waals surface area contributed by atoms with E-state index in [9.17, 15) is 23.4 Å². The Bertz CT molecular complexity index is 426. The van der Waals surface area contributed by atoms with E-state index in [1.807, 2.05) is 0 Å². The fourth-order valence-corrected chi connectivity index (χ4v) is 2.10. The van der Waals surface area contributed by atoms with E-state index in [2.05, 4.69) is 9.50 Å². The van der Waals surface area contributed by atoms with Crippen molar-refractivity contribution in [3.8, 4) is 0 Å². The molecule has 5 N–H and O–H groups in total. The predicted octanol–water partition coefficient (Wildman–Crippen LogP) is -3.13. The van der Waals surface area contributed by atoms with Gasteiger partial charge in [0.2, 0.25) is 5.91 Å². The fraction of sp³-hybridized carbons (Fsp3) is 0.889. The van der Waals surface area contributed by atoms with Gasteiger partial charge in [0, 0.05) is 6.92 Å². The number of hydrogen-bond donors (Lipinski definition) is 4. The van der Waals surface area contributed by atoms with Gasteiger partial charge in [0.15, 0.2) is 6.29 Å². The van der Waals surface area contributed by atoms with Crippen molar-refractivity contribution in [3.63, 3.8) is 0 Å². The first-order valence-electron chi connectivity index (χ1n) is 5.50. The lowest BCUT2D eigenvalue weighted by Gasteiger charge is -2.41. The molecule has 1 heterocycles. The molecule has 0 saturated carbocycles. The molecule has 1 amide bonds. The molecule has 19 heavy (non-hydrogen) atoms. The molecule has 0 aromatic rings. The van der Waals surface area contributed by atoms with E-state index in [1.165, 1.54) is 6.92 Å². The maximum atomic E-state index is 10.9. The number of carbonyl (C=O) groups excluding carboxylic acids is 1. The van der Waals surface area contributed by atoms with Crippen LogP contribution in [0.5, 0.6) is 0 Å². The van der Waals surface area contributed by atoms with Crippen LogP contribution in [0, 0.1) is 0 Å². The number of nitrogens with one attached hydrogen (secondary N) is 1. The van der Waals surface area contributed by atoms with Crippen LogP contribution in [-0.4, -0.2) is 68.0 Å². The molecule has 0 aliphatic carbocycles. The summed E-state index contributed by atoms with van der Waals surface area (Å²) in [7, 11) is -3.68. The Morgan fingerprint density at radius 3 is 2.53 bits per heavy atom. The van der Waals surface area contributed by atoms with Gasteiger partial charge in [-0.25, -0.2) is 0 Å². The van der Waals surface area contributed by atoms with Crippen LogP contribution >= 0.6 is 0 Å². The van der Waals surface area contributed by atoms with Gasteiger partial charge in [-0.3, -0.25) is 8.98 Å². The number of nitrogens with two attached hydrogens (primary N) is 1. The highest BCUT2D eigenvalue weighted by atomic mass is 32.2. The summed E-state index contributed by atoms with van der Waals surface area (Å²) in [6.45, 7) is 0.782. The van der Waals surface area contributed by atoms with E-state index in [1.54, 1.807) is 0 Å². The second-order valence-electron chi connectivity index (χ2n) is 4.35. The van der Waals surface area contributed by atoms with Crippen LogP contribution in [0.1, 0.15) is 6.92 Å². The monoisotopic (exact) mass is 298 g/mol. The Labute approximate surface area is 110 Å². The van der Waals surface area contributed by atoms with Gasteiger partial charge in [0.05, 0.1) is 25.0 Å². The van der Waals surface area contributed by atoms with Crippen molar-refractivity contribution in [1.82, 2.24) is 5.32 Å². The van der Waals surface area contributed by atoms with Crippen LogP contribution in [0.25, 0.3) is 0 Å². The van der Waals surface area contributed by atoms with Crippen LogP contribution < -0.4 is 11.1 Å². The average molecular weight is 298 g/mol. The number of ether oxygens (including phenoxy) is 1. The van der Waals surface area contributed by atoms with Crippen molar-refractivity contribution in [1.29, 1.82) is 0 Å². The molecule has 0 aromatic carbocycles. The summed E-state index contributed by atoms with van der Waals surface area (Å²) in [6.07, 6.45) is -2.95. The lowest BCUT2D eigenvalue weighted by atomic mass is 9.95. The molecule has 10 heteroatoms. The Hall–Kier alpha value is -0.780. The highest BCUT2D eigenvalue weighted by Crippen LogP contribution is 2.19. The van der Waals surface area contributed by atoms with Crippen molar-refractivity contribution >= 4 is 16.0 Å². The van der Waals surface area contributed by atoms with Gasteiger partial charge in [-0.2, -0.15) is 8.42 Å². The number of carbonyl (C=O) groups is 1. The quantitative estimate of drug-likeness (QED) is 0.398. The third-order valence-electron chi connectivity index (χ3n) is 2.63. The summed E-state index contributed by atoms with van der Waals surface area (Å²) >= 11 is 0. The molecule has 0 unspecified atom stereocenters. The van der Waals surface area contributed by atoms with Gasteiger partial charge in [-0.1, -0.05) is 0 Å². The standard InChI is InChI=1S/C9H18N2O7S/c1-4(12)11-7-8(13)6(10)5(18-9(7)14)3-17-19(2,15)16/h5-9,13-14H,3,10H2,1-2H3,(H,11,12)/t5-,6+,7-,8-,9-/m1/s1. The van der Waals surface area contributed by atoms with Crippen molar-refractivity contribution in [3.05, 3.63) is 0 Å². The molecule has 0 radical (unpaired) electrons. The number of aliphatic hydroxyl groups is 2. The van der Waals surface area contributed by atoms with E-state index in [4.69, 9.17) is 10.5 Å². The van der Waals surface area contributed by atoms with Gasteiger partial charge in [0.25, 0.3) is 10.1 Å².